The number of carbonyl (C=O) groups is 2. The molecule has 4 atom stereocenters. The highest BCUT2D eigenvalue weighted by atomic mass is 19.1. The number of fused-ring (bicyclic) bond motifs is 3. The molecule has 5 rings (SSSR count). The Morgan fingerprint density at radius 1 is 1.24 bits per heavy atom. The lowest BCUT2D eigenvalue weighted by Crippen LogP contribution is -2.63. The first-order valence-corrected chi connectivity index (χ1v) is 12.7. The molecule has 12 heteroatoms. The summed E-state index contributed by atoms with van der Waals surface area (Å²) in [5.74, 6) is -3.20. The summed E-state index contributed by atoms with van der Waals surface area (Å²) < 4.78 is 40.5. The average molecular weight is 535 g/mol. The van der Waals surface area contributed by atoms with E-state index in [9.17, 15) is 28.6 Å². The van der Waals surface area contributed by atoms with Crippen LogP contribution in [0.2, 0.25) is 0 Å². The van der Waals surface area contributed by atoms with E-state index in [-0.39, 0.29) is 41.8 Å². The van der Waals surface area contributed by atoms with E-state index >= 15 is 0 Å². The molecule has 3 fully saturated rings. The van der Waals surface area contributed by atoms with Crippen molar-refractivity contribution in [1.29, 1.82) is 0 Å². The zero-order valence-corrected chi connectivity index (χ0v) is 21.8. The van der Waals surface area contributed by atoms with E-state index in [2.05, 4.69) is 9.97 Å². The van der Waals surface area contributed by atoms with Gasteiger partial charge in [-0.25, -0.2) is 13.6 Å². The summed E-state index contributed by atoms with van der Waals surface area (Å²) in [7, 11) is 0. The van der Waals surface area contributed by atoms with Crippen LogP contribution < -0.4 is 9.64 Å². The SMILES string of the molecule is CC(C)(C)OC(=O)N1[C@@H]2CC[C@@]1(C)CN(c1nc(OCC3(CO)CC3C(=O)O)nc3c(F)cc(F)cc13)C2. The fraction of sp³-hybridized carbons (Fsp3) is 0.615. The molecule has 1 aliphatic carbocycles. The summed E-state index contributed by atoms with van der Waals surface area (Å²) in [5.41, 5.74) is -2.35. The van der Waals surface area contributed by atoms with Crippen molar-refractivity contribution in [3.8, 4) is 6.01 Å². The fourth-order valence-electron chi connectivity index (χ4n) is 5.78. The van der Waals surface area contributed by atoms with E-state index in [0.717, 1.165) is 18.9 Å². The van der Waals surface area contributed by atoms with Crippen LogP contribution in [0.4, 0.5) is 19.4 Å². The molecule has 206 valence electrons. The van der Waals surface area contributed by atoms with Crippen molar-refractivity contribution in [3.05, 3.63) is 23.8 Å². The molecule has 1 aromatic heterocycles. The number of carbonyl (C=O) groups excluding carboxylic acids is 1. The molecular formula is C26H32F2N4O6. The van der Waals surface area contributed by atoms with Crippen LogP contribution >= 0.6 is 0 Å². The number of hydrogen-bond donors (Lipinski definition) is 2. The molecule has 3 aliphatic rings. The predicted octanol–water partition coefficient (Wildman–Crippen LogP) is 3.35. The number of carboxylic acid groups (broad SMARTS) is 1. The molecule has 2 aliphatic heterocycles. The molecule has 2 N–H and O–H groups in total. The summed E-state index contributed by atoms with van der Waals surface area (Å²) >= 11 is 0. The van der Waals surface area contributed by atoms with Gasteiger partial charge in [0, 0.05) is 30.0 Å². The van der Waals surface area contributed by atoms with Crippen LogP contribution in [0.25, 0.3) is 10.9 Å². The first-order valence-electron chi connectivity index (χ1n) is 12.7. The Balaban J connectivity index is 1.47. The van der Waals surface area contributed by atoms with Gasteiger partial charge in [0.1, 0.15) is 29.4 Å². The number of aromatic nitrogens is 2. The van der Waals surface area contributed by atoms with Crippen molar-refractivity contribution in [3.63, 3.8) is 0 Å². The number of piperazine rings is 1. The summed E-state index contributed by atoms with van der Waals surface area (Å²) in [6, 6.07) is 1.49. The second-order valence-electron chi connectivity index (χ2n) is 11.9. The highest BCUT2D eigenvalue weighted by molar-refractivity contribution is 5.90. The van der Waals surface area contributed by atoms with Crippen molar-refractivity contribution in [1.82, 2.24) is 14.9 Å². The van der Waals surface area contributed by atoms with Crippen molar-refractivity contribution < 1.29 is 38.1 Å². The van der Waals surface area contributed by atoms with E-state index < -0.39 is 52.8 Å². The lowest BCUT2D eigenvalue weighted by atomic mass is 9.97. The zero-order valence-electron chi connectivity index (χ0n) is 21.8. The number of halogens is 2. The van der Waals surface area contributed by atoms with Gasteiger partial charge in [0.15, 0.2) is 5.82 Å². The van der Waals surface area contributed by atoms with E-state index in [1.807, 2.05) is 32.6 Å². The number of ether oxygens (including phenoxy) is 2. The molecule has 2 saturated heterocycles. The van der Waals surface area contributed by atoms with Gasteiger partial charge in [-0.1, -0.05) is 0 Å². The molecule has 1 aromatic carbocycles. The number of aliphatic hydroxyl groups excluding tert-OH is 1. The Hall–Kier alpha value is -3.28. The highest BCUT2D eigenvalue weighted by Crippen LogP contribution is 2.52. The molecule has 3 heterocycles. The Labute approximate surface area is 218 Å². The highest BCUT2D eigenvalue weighted by Gasteiger charge is 2.59. The fourth-order valence-corrected chi connectivity index (χ4v) is 5.78. The summed E-state index contributed by atoms with van der Waals surface area (Å²) in [5, 5.41) is 19.2. The van der Waals surface area contributed by atoms with Crippen LogP contribution in [0, 0.1) is 23.0 Å². The quantitative estimate of drug-likeness (QED) is 0.574. The van der Waals surface area contributed by atoms with Crippen molar-refractivity contribution in [2.24, 2.45) is 11.3 Å². The minimum absolute atomic E-state index is 0.137. The van der Waals surface area contributed by atoms with Crippen LogP contribution in [-0.4, -0.2) is 80.6 Å². The molecule has 2 aromatic rings. The number of rotatable bonds is 6. The van der Waals surface area contributed by atoms with E-state index in [1.54, 1.807) is 4.90 Å². The van der Waals surface area contributed by atoms with Gasteiger partial charge in [0.2, 0.25) is 0 Å². The second-order valence-corrected chi connectivity index (χ2v) is 11.9. The predicted molar refractivity (Wildman–Crippen MR) is 132 cm³/mol. The number of benzene rings is 1. The van der Waals surface area contributed by atoms with Gasteiger partial charge in [0.25, 0.3) is 0 Å². The number of nitrogens with zero attached hydrogens (tertiary/aromatic N) is 4. The third kappa shape index (κ3) is 4.59. The van der Waals surface area contributed by atoms with Crippen LogP contribution in [0.1, 0.15) is 47.0 Å². The van der Waals surface area contributed by atoms with Crippen LogP contribution in [0.15, 0.2) is 12.1 Å². The normalized spacial score (nSPS) is 28.5. The molecule has 2 bridgehead atoms. The maximum absolute atomic E-state index is 14.9. The topological polar surface area (TPSA) is 125 Å². The second kappa shape index (κ2) is 8.89. The average Bonchev–Trinajstić information content (AvgIpc) is 3.50. The smallest absolute Gasteiger partial charge is 0.411 e. The van der Waals surface area contributed by atoms with E-state index in [1.165, 1.54) is 6.07 Å². The molecule has 0 radical (unpaired) electrons. The van der Waals surface area contributed by atoms with Crippen LogP contribution in [0.5, 0.6) is 6.01 Å². The Morgan fingerprint density at radius 3 is 2.58 bits per heavy atom. The summed E-state index contributed by atoms with van der Waals surface area (Å²) in [6.45, 7) is 7.53. The molecule has 1 saturated carbocycles. The maximum Gasteiger partial charge on any atom is 0.411 e. The van der Waals surface area contributed by atoms with Crippen LogP contribution in [0.3, 0.4) is 0 Å². The molecule has 2 unspecified atom stereocenters. The summed E-state index contributed by atoms with van der Waals surface area (Å²) in [4.78, 5) is 36.7. The van der Waals surface area contributed by atoms with Gasteiger partial charge in [-0.15, -0.1) is 0 Å². The van der Waals surface area contributed by atoms with Gasteiger partial charge in [-0.2, -0.15) is 9.97 Å². The lowest BCUT2D eigenvalue weighted by molar-refractivity contribution is -0.140. The first-order chi connectivity index (χ1) is 17.7. The maximum atomic E-state index is 14.9. The lowest BCUT2D eigenvalue weighted by Gasteiger charge is -2.47. The van der Waals surface area contributed by atoms with E-state index in [4.69, 9.17) is 9.47 Å². The standard InChI is InChI=1S/C26H32F2N4O6/c1-24(2,3)38-23(36)32-15-5-6-25(32,4)11-31(10-15)20-16-7-14(27)8-18(28)19(16)29-22(30-20)37-13-26(12-33)9-17(26)21(34)35/h7-8,15,17,33H,5-6,9-13H2,1-4H3,(H,34,35)/t15-,17?,25+,26?/m1/s1. The summed E-state index contributed by atoms with van der Waals surface area (Å²) in [6.07, 6.45) is 1.29. The van der Waals surface area contributed by atoms with Gasteiger partial charge in [-0.3, -0.25) is 9.69 Å². The molecule has 10 nitrogen and oxygen atoms in total. The number of aliphatic hydroxyl groups is 1. The molecule has 0 spiro atoms. The Kier molecular flexibility index (Phi) is 6.16. The number of hydrogen-bond acceptors (Lipinski definition) is 8. The number of anilines is 1. The molecular weight excluding hydrogens is 502 g/mol. The largest absolute Gasteiger partial charge is 0.481 e. The van der Waals surface area contributed by atoms with Gasteiger partial charge < -0.3 is 24.6 Å². The van der Waals surface area contributed by atoms with Crippen molar-refractivity contribution in [2.45, 2.75) is 64.1 Å². The third-order valence-electron chi connectivity index (χ3n) is 7.78. The van der Waals surface area contributed by atoms with Gasteiger partial charge in [0.05, 0.1) is 24.1 Å². The number of amides is 1. The zero-order chi connectivity index (χ0) is 27.6. The third-order valence-corrected chi connectivity index (χ3v) is 7.78. The Morgan fingerprint density at radius 2 is 1.97 bits per heavy atom. The number of carboxylic acids is 1. The van der Waals surface area contributed by atoms with Crippen LogP contribution in [-0.2, 0) is 9.53 Å². The van der Waals surface area contributed by atoms with E-state index in [0.29, 0.717) is 13.1 Å². The number of aliphatic carboxylic acids is 1. The molecule has 1 amide bonds. The minimum Gasteiger partial charge on any atom is -0.481 e. The van der Waals surface area contributed by atoms with Gasteiger partial charge >= 0.3 is 18.1 Å². The first kappa shape index (κ1) is 26.3. The Bertz CT molecular complexity index is 1300. The minimum atomic E-state index is -1.03. The van der Waals surface area contributed by atoms with Gasteiger partial charge in [-0.05, 0) is 53.0 Å². The monoisotopic (exact) mass is 534 g/mol. The van der Waals surface area contributed by atoms with Crippen molar-refractivity contribution >= 4 is 28.8 Å². The molecule has 38 heavy (non-hydrogen) atoms. The van der Waals surface area contributed by atoms with Crippen molar-refractivity contribution in [2.75, 3.05) is 31.2 Å².